The van der Waals surface area contributed by atoms with Crippen LogP contribution >= 0.6 is 11.8 Å². The van der Waals surface area contributed by atoms with Gasteiger partial charge in [-0.25, -0.2) is 0 Å². The highest BCUT2D eigenvalue weighted by Gasteiger charge is 2.30. The number of aromatic nitrogens is 1. The summed E-state index contributed by atoms with van der Waals surface area (Å²) < 4.78 is 40.8. The molecule has 0 saturated carbocycles. The van der Waals surface area contributed by atoms with E-state index in [0.29, 0.717) is 13.1 Å². The molecule has 2 amide bonds. The van der Waals surface area contributed by atoms with E-state index in [1.807, 2.05) is 65.4 Å². The van der Waals surface area contributed by atoms with Crippen molar-refractivity contribution in [1.29, 1.82) is 0 Å². The Morgan fingerprint density at radius 3 is 2.41 bits per heavy atom. The van der Waals surface area contributed by atoms with Crippen LogP contribution in [-0.4, -0.2) is 35.2 Å². The van der Waals surface area contributed by atoms with Crippen LogP contribution in [0.4, 0.5) is 13.2 Å². The maximum Gasteiger partial charge on any atom is 0.416 e. The molecule has 0 saturated heterocycles. The predicted molar refractivity (Wildman–Crippen MR) is 140 cm³/mol. The Labute approximate surface area is 217 Å². The van der Waals surface area contributed by atoms with Crippen molar-refractivity contribution in [2.45, 2.75) is 24.0 Å². The van der Waals surface area contributed by atoms with Gasteiger partial charge in [0.1, 0.15) is 0 Å². The number of carbonyl (C=O) groups excluding carboxylic acids is 2. The van der Waals surface area contributed by atoms with E-state index in [4.69, 9.17) is 0 Å². The van der Waals surface area contributed by atoms with Gasteiger partial charge in [-0.05, 0) is 36.2 Å². The summed E-state index contributed by atoms with van der Waals surface area (Å²) in [6.45, 7) is 1.23. The zero-order valence-corrected chi connectivity index (χ0v) is 20.7. The molecule has 0 radical (unpaired) electrons. The van der Waals surface area contributed by atoms with Crippen LogP contribution in [0.5, 0.6) is 0 Å². The van der Waals surface area contributed by atoms with Gasteiger partial charge in [0.05, 0.1) is 11.3 Å². The maximum atomic E-state index is 12.9. The molecule has 192 valence electrons. The summed E-state index contributed by atoms with van der Waals surface area (Å²) in [5.41, 5.74) is 1.21. The van der Waals surface area contributed by atoms with E-state index in [2.05, 4.69) is 10.6 Å². The van der Waals surface area contributed by atoms with Crippen molar-refractivity contribution < 1.29 is 22.8 Å². The fourth-order valence-electron chi connectivity index (χ4n) is 3.93. The van der Waals surface area contributed by atoms with Crippen molar-refractivity contribution in [3.05, 3.63) is 102 Å². The number of nitrogens with one attached hydrogen (secondary N) is 2. The second-order valence-electron chi connectivity index (χ2n) is 8.41. The molecule has 0 spiro atoms. The molecule has 37 heavy (non-hydrogen) atoms. The Kier molecular flexibility index (Phi) is 8.55. The van der Waals surface area contributed by atoms with Gasteiger partial charge in [0, 0.05) is 47.2 Å². The normalized spacial score (nSPS) is 11.4. The molecule has 0 bridgehead atoms. The lowest BCUT2D eigenvalue weighted by atomic mass is 10.1. The van der Waals surface area contributed by atoms with Crippen molar-refractivity contribution in [1.82, 2.24) is 15.2 Å². The number of fused-ring (bicyclic) bond motifs is 1. The number of alkyl halides is 3. The smallest absolute Gasteiger partial charge is 0.355 e. The van der Waals surface area contributed by atoms with Crippen LogP contribution in [0.15, 0.2) is 90.0 Å². The first-order valence-electron chi connectivity index (χ1n) is 11.8. The second kappa shape index (κ2) is 12.0. The Morgan fingerprint density at radius 2 is 1.62 bits per heavy atom. The molecule has 0 atom stereocenters. The molecule has 0 aliphatic heterocycles. The molecular formula is C28H26F3N3O2S. The molecular weight excluding hydrogens is 499 g/mol. The number of thioether (sulfide) groups is 1. The standard InChI is InChI=1S/C28H26F3N3O2S/c29-28(30,31)22-10-6-9-21(17-22)27(36)33-15-16-34-18-25(23-11-4-5-12-24(23)34)37-19-26(35)32-14-13-20-7-2-1-3-8-20/h1-12,17-18H,13-16,19H2,(H,32,35)(H,33,36). The number of benzene rings is 3. The van der Waals surface area contributed by atoms with Gasteiger partial charge < -0.3 is 15.2 Å². The molecule has 9 heteroatoms. The Hall–Kier alpha value is -3.72. The van der Waals surface area contributed by atoms with E-state index in [1.165, 1.54) is 29.5 Å². The first kappa shape index (κ1) is 26.3. The molecule has 1 heterocycles. The lowest BCUT2D eigenvalue weighted by Gasteiger charge is -2.10. The van der Waals surface area contributed by atoms with Crippen molar-refractivity contribution in [3.63, 3.8) is 0 Å². The third-order valence-electron chi connectivity index (χ3n) is 5.78. The zero-order chi connectivity index (χ0) is 26.3. The minimum absolute atomic E-state index is 0.0401. The van der Waals surface area contributed by atoms with Crippen molar-refractivity contribution in [2.24, 2.45) is 0 Å². The van der Waals surface area contributed by atoms with Gasteiger partial charge in [-0.1, -0.05) is 54.6 Å². The number of carbonyl (C=O) groups is 2. The van der Waals surface area contributed by atoms with Gasteiger partial charge in [0.25, 0.3) is 5.91 Å². The van der Waals surface area contributed by atoms with Crippen molar-refractivity contribution in [3.8, 4) is 0 Å². The highest BCUT2D eigenvalue weighted by Crippen LogP contribution is 2.30. The zero-order valence-electron chi connectivity index (χ0n) is 19.9. The largest absolute Gasteiger partial charge is 0.416 e. The molecule has 0 aliphatic carbocycles. The van der Waals surface area contributed by atoms with E-state index >= 15 is 0 Å². The topological polar surface area (TPSA) is 63.1 Å². The number of halogens is 3. The highest BCUT2D eigenvalue weighted by atomic mass is 32.2. The quantitative estimate of drug-likeness (QED) is 0.267. The predicted octanol–water partition coefficient (Wildman–Crippen LogP) is 5.54. The molecule has 5 nitrogen and oxygen atoms in total. The van der Waals surface area contributed by atoms with Crippen LogP contribution in [0.1, 0.15) is 21.5 Å². The Morgan fingerprint density at radius 1 is 0.865 bits per heavy atom. The van der Waals surface area contributed by atoms with Gasteiger partial charge in [-0.3, -0.25) is 9.59 Å². The van der Waals surface area contributed by atoms with E-state index in [0.717, 1.165) is 34.4 Å². The van der Waals surface area contributed by atoms with Gasteiger partial charge in [0.2, 0.25) is 5.91 Å². The number of hydrogen-bond acceptors (Lipinski definition) is 3. The van der Waals surface area contributed by atoms with Crippen LogP contribution in [0.3, 0.4) is 0 Å². The number of hydrogen-bond donors (Lipinski definition) is 2. The SMILES string of the molecule is O=C(CSc1cn(CCNC(=O)c2cccc(C(F)(F)F)c2)c2ccccc12)NCCc1ccccc1. The summed E-state index contributed by atoms with van der Waals surface area (Å²) in [6, 6.07) is 22.1. The summed E-state index contributed by atoms with van der Waals surface area (Å²) in [7, 11) is 0. The van der Waals surface area contributed by atoms with Crippen LogP contribution in [0, 0.1) is 0 Å². The van der Waals surface area contributed by atoms with E-state index in [1.54, 1.807) is 0 Å². The number of amides is 2. The summed E-state index contributed by atoms with van der Waals surface area (Å²) in [5, 5.41) is 6.63. The molecule has 3 aromatic carbocycles. The summed E-state index contributed by atoms with van der Waals surface area (Å²) in [4.78, 5) is 25.7. The Bertz CT molecular complexity index is 1370. The molecule has 2 N–H and O–H groups in total. The first-order chi connectivity index (χ1) is 17.8. The fraction of sp³-hybridized carbons (Fsp3) is 0.214. The fourth-order valence-corrected chi connectivity index (χ4v) is 4.85. The molecule has 0 unspecified atom stereocenters. The van der Waals surface area contributed by atoms with Gasteiger partial charge >= 0.3 is 6.18 Å². The number of nitrogens with zero attached hydrogens (tertiary/aromatic N) is 1. The number of rotatable bonds is 10. The maximum absolute atomic E-state index is 12.9. The van der Waals surface area contributed by atoms with E-state index in [-0.39, 0.29) is 23.8 Å². The summed E-state index contributed by atoms with van der Waals surface area (Å²) in [5.74, 6) is -0.342. The molecule has 1 aromatic heterocycles. The summed E-state index contributed by atoms with van der Waals surface area (Å²) >= 11 is 1.44. The average Bonchev–Trinajstić information content (AvgIpc) is 3.25. The molecule has 4 aromatic rings. The van der Waals surface area contributed by atoms with Gasteiger partial charge in [-0.2, -0.15) is 13.2 Å². The van der Waals surface area contributed by atoms with Crippen LogP contribution < -0.4 is 10.6 Å². The van der Waals surface area contributed by atoms with Gasteiger partial charge in [0.15, 0.2) is 0 Å². The average molecular weight is 526 g/mol. The Balaban J connectivity index is 1.32. The molecule has 4 rings (SSSR count). The molecule has 0 fully saturated rings. The van der Waals surface area contributed by atoms with Crippen molar-refractivity contribution in [2.75, 3.05) is 18.8 Å². The third-order valence-corrected chi connectivity index (χ3v) is 6.82. The highest BCUT2D eigenvalue weighted by molar-refractivity contribution is 8.00. The lowest BCUT2D eigenvalue weighted by Crippen LogP contribution is -2.27. The van der Waals surface area contributed by atoms with Crippen LogP contribution in [0.25, 0.3) is 10.9 Å². The lowest BCUT2D eigenvalue weighted by molar-refractivity contribution is -0.137. The van der Waals surface area contributed by atoms with E-state index < -0.39 is 17.6 Å². The van der Waals surface area contributed by atoms with Crippen LogP contribution in [0.2, 0.25) is 0 Å². The minimum atomic E-state index is -4.51. The minimum Gasteiger partial charge on any atom is -0.355 e. The second-order valence-corrected chi connectivity index (χ2v) is 9.43. The molecule has 0 aliphatic rings. The third kappa shape index (κ3) is 7.16. The van der Waals surface area contributed by atoms with Gasteiger partial charge in [-0.15, -0.1) is 11.8 Å². The van der Waals surface area contributed by atoms with Crippen LogP contribution in [-0.2, 0) is 23.9 Å². The summed E-state index contributed by atoms with van der Waals surface area (Å²) in [6.07, 6.45) is -1.81. The monoisotopic (exact) mass is 525 g/mol. The first-order valence-corrected chi connectivity index (χ1v) is 12.8. The van der Waals surface area contributed by atoms with Crippen molar-refractivity contribution >= 4 is 34.5 Å². The van der Waals surface area contributed by atoms with E-state index in [9.17, 15) is 22.8 Å². The number of para-hydroxylation sites is 1.